The minimum Gasteiger partial charge on any atom is -0.497 e. The van der Waals surface area contributed by atoms with Crippen LogP contribution in [-0.4, -0.2) is 23.7 Å². The van der Waals surface area contributed by atoms with Gasteiger partial charge in [-0.2, -0.15) is 0 Å². The van der Waals surface area contributed by atoms with Crippen molar-refractivity contribution in [1.82, 2.24) is 4.98 Å². The molecular weight excluding hydrogens is 278 g/mol. The highest BCUT2D eigenvalue weighted by Gasteiger charge is 2.30. The molecule has 0 bridgehead atoms. The summed E-state index contributed by atoms with van der Waals surface area (Å²) in [4.78, 5) is 15.7. The Balaban J connectivity index is 1.98. The molecule has 0 aliphatic heterocycles. The fourth-order valence-corrected chi connectivity index (χ4v) is 2.81. The zero-order chi connectivity index (χ0) is 15.9. The van der Waals surface area contributed by atoms with Gasteiger partial charge in [0.2, 0.25) is 0 Å². The first-order chi connectivity index (χ1) is 10.4. The van der Waals surface area contributed by atoms with Crippen LogP contribution in [0.1, 0.15) is 50.8 Å². The zero-order valence-corrected chi connectivity index (χ0v) is 13.7. The van der Waals surface area contributed by atoms with Gasteiger partial charge in [-0.1, -0.05) is 0 Å². The van der Waals surface area contributed by atoms with Gasteiger partial charge < -0.3 is 14.5 Å². The Morgan fingerprint density at radius 2 is 2.05 bits per heavy atom. The van der Waals surface area contributed by atoms with E-state index in [0.717, 1.165) is 22.2 Å². The number of aromatic amines is 1. The van der Waals surface area contributed by atoms with Crippen LogP contribution in [0.2, 0.25) is 0 Å². The fraction of sp³-hybridized carbons (Fsp3) is 0.500. The molecule has 3 rings (SSSR count). The van der Waals surface area contributed by atoms with Gasteiger partial charge in [-0.15, -0.1) is 0 Å². The van der Waals surface area contributed by atoms with Crippen LogP contribution in [0.25, 0.3) is 10.9 Å². The lowest BCUT2D eigenvalue weighted by molar-refractivity contribution is -0.153. The molecular formula is C18H23NO3. The van der Waals surface area contributed by atoms with E-state index < -0.39 is 5.60 Å². The van der Waals surface area contributed by atoms with Crippen molar-refractivity contribution in [3.05, 3.63) is 29.5 Å². The molecule has 0 unspecified atom stereocenters. The summed E-state index contributed by atoms with van der Waals surface area (Å²) in [7, 11) is 1.66. The molecule has 0 radical (unpaired) electrons. The fourth-order valence-electron chi connectivity index (χ4n) is 2.81. The van der Waals surface area contributed by atoms with Crippen molar-refractivity contribution in [2.24, 2.45) is 0 Å². The summed E-state index contributed by atoms with van der Waals surface area (Å²) >= 11 is 0. The molecule has 1 fully saturated rings. The monoisotopic (exact) mass is 301 g/mol. The maximum Gasteiger partial charge on any atom is 0.310 e. The number of ether oxygens (including phenoxy) is 2. The van der Waals surface area contributed by atoms with Crippen molar-refractivity contribution < 1.29 is 14.3 Å². The van der Waals surface area contributed by atoms with Crippen molar-refractivity contribution >= 4 is 16.9 Å². The lowest BCUT2D eigenvalue weighted by atomic mass is 10.0. The van der Waals surface area contributed by atoms with E-state index >= 15 is 0 Å². The van der Waals surface area contributed by atoms with E-state index in [4.69, 9.17) is 9.47 Å². The summed E-state index contributed by atoms with van der Waals surface area (Å²) in [5.41, 5.74) is 2.85. The summed E-state index contributed by atoms with van der Waals surface area (Å²) in [6, 6.07) is 5.95. The van der Waals surface area contributed by atoms with Crippen LogP contribution in [0, 0.1) is 0 Å². The standard InChI is InChI=1S/C18H23NO3/c1-18(2,3)22-16(20)10-14-13-9-12(21-4)7-8-15(13)19-17(14)11-5-6-11/h7-9,11,19H,5-6,10H2,1-4H3. The molecule has 1 aromatic heterocycles. The zero-order valence-electron chi connectivity index (χ0n) is 13.7. The second-order valence-electron chi connectivity index (χ2n) is 6.97. The number of hydrogen-bond donors (Lipinski definition) is 1. The van der Waals surface area contributed by atoms with Crippen LogP contribution in [0.15, 0.2) is 18.2 Å². The lowest BCUT2D eigenvalue weighted by Crippen LogP contribution is -2.25. The van der Waals surface area contributed by atoms with E-state index in [1.165, 1.54) is 18.5 Å². The predicted octanol–water partition coefficient (Wildman–Crippen LogP) is 3.94. The van der Waals surface area contributed by atoms with Crippen molar-refractivity contribution in [1.29, 1.82) is 0 Å². The van der Waals surface area contributed by atoms with Gasteiger partial charge in [-0.3, -0.25) is 4.79 Å². The Labute approximate surface area is 130 Å². The topological polar surface area (TPSA) is 51.3 Å². The molecule has 0 atom stereocenters. The van der Waals surface area contributed by atoms with Gasteiger partial charge in [-0.25, -0.2) is 0 Å². The summed E-state index contributed by atoms with van der Waals surface area (Å²) < 4.78 is 10.8. The molecule has 0 amide bonds. The van der Waals surface area contributed by atoms with Gasteiger partial charge in [0.1, 0.15) is 11.4 Å². The third kappa shape index (κ3) is 3.11. The first kappa shape index (κ1) is 14.9. The summed E-state index contributed by atoms with van der Waals surface area (Å²) in [6.45, 7) is 5.68. The number of methoxy groups -OCH3 is 1. The number of carbonyl (C=O) groups is 1. The molecule has 1 aromatic carbocycles. The van der Waals surface area contributed by atoms with E-state index in [1.54, 1.807) is 7.11 Å². The van der Waals surface area contributed by atoms with Gasteiger partial charge >= 0.3 is 5.97 Å². The molecule has 2 aromatic rings. The smallest absolute Gasteiger partial charge is 0.310 e. The first-order valence-electron chi connectivity index (χ1n) is 7.78. The number of nitrogens with one attached hydrogen (secondary N) is 1. The van der Waals surface area contributed by atoms with Crippen LogP contribution in [0.4, 0.5) is 0 Å². The number of hydrogen-bond acceptors (Lipinski definition) is 3. The van der Waals surface area contributed by atoms with Crippen LogP contribution in [0.5, 0.6) is 5.75 Å². The van der Waals surface area contributed by atoms with E-state index in [0.29, 0.717) is 12.3 Å². The largest absolute Gasteiger partial charge is 0.497 e. The van der Waals surface area contributed by atoms with E-state index in [2.05, 4.69) is 4.98 Å². The Kier molecular flexibility index (Phi) is 3.63. The third-order valence-corrected chi connectivity index (χ3v) is 3.87. The Bertz CT molecular complexity index is 705. The molecule has 4 nitrogen and oxygen atoms in total. The van der Waals surface area contributed by atoms with Crippen molar-refractivity contribution in [2.75, 3.05) is 7.11 Å². The highest BCUT2D eigenvalue weighted by Crippen LogP contribution is 2.43. The molecule has 1 saturated carbocycles. The number of benzene rings is 1. The summed E-state index contributed by atoms with van der Waals surface area (Å²) in [6.07, 6.45) is 2.67. The van der Waals surface area contributed by atoms with Gasteiger partial charge in [0.05, 0.1) is 13.5 Å². The van der Waals surface area contributed by atoms with Crippen LogP contribution < -0.4 is 4.74 Å². The van der Waals surface area contributed by atoms with Crippen molar-refractivity contribution in [2.45, 2.75) is 51.6 Å². The summed E-state index contributed by atoms with van der Waals surface area (Å²) in [5, 5.41) is 1.06. The first-order valence-corrected chi connectivity index (χ1v) is 7.78. The normalized spacial score (nSPS) is 15.1. The molecule has 118 valence electrons. The average molecular weight is 301 g/mol. The number of esters is 1. The van der Waals surface area contributed by atoms with Gasteiger partial charge in [0, 0.05) is 16.6 Å². The highest BCUT2D eigenvalue weighted by atomic mass is 16.6. The minimum atomic E-state index is -0.458. The molecule has 1 aliphatic rings. The SMILES string of the molecule is COc1ccc2[nH]c(C3CC3)c(CC(=O)OC(C)(C)C)c2c1. The molecule has 1 heterocycles. The Hall–Kier alpha value is -1.97. The van der Waals surface area contributed by atoms with E-state index in [-0.39, 0.29) is 5.97 Å². The molecule has 0 saturated heterocycles. The Morgan fingerprint density at radius 1 is 1.32 bits per heavy atom. The van der Waals surface area contributed by atoms with E-state index in [1.807, 2.05) is 39.0 Å². The number of fused-ring (bicyclic) bond motifs is 1. The third-order valence-electron chi connectivity index (χ3n) is 3.87. The predicted molar refractivity (Wildman–Crippen MR) is 86.4 cm³/mol. The molecule has 0 spiro atoms. The van der Waals surface area contributed by atoms with Crippen LogP contribution >= 0.6 is 0 Å². The van der Waals surface area contributed by atoms with Gasteiger partial charge in [-0.05, 0) is 63.3 Å². The number of rotatable bonds is 4. The van der Waals surface area contributed by atoms with E-state index in [9.17, 15) is 4.79 Å². The molecule has 1 aliphatic carbocycles. The maximum absolute atomic E-state index is 12.3. The Morgan fingerprint density at radius 3 is 2.64 bits per heavy atom. The van der Waals surface area contributed by atoms with Crippen LogP contribution in [-0.2, 0) is 16.0 Å². The van der Waals surface area contributed by atoms with Crippen molar-refractivity contribution in [3.8, 4) is 5.75 Å². The van der Waals surface area contributed by atoms with Gasteiger partial charge in [0.25, 0.3) is 0 Å². The molecule has 22 heavy (non-hydrogen) atoms. The average Bonchev–Trinajstić information content (AvgIpc) is 3.20. The maximum atomic E-state index is 12.3. The minimum absolute atomic E-state index is 0.182. The molecule has 1 N–H and O–H groups in total. The number of aromatic nitrogens is 1. The second-order valence-corrected chi connectivity index (χ2v) is 6.97. The number of carbonyl (C=O) groups excluding carboxylic acids is 1. The lowest BCUT2D eigenvalue weighted by Gasteiger charge is -2.19. The highest BCUT2D eigenvalue weighted by molar-refractivity contribution is 5.90. The number of H-pyrrole nitrogens is 1. The van der Waals surface area contributed by atoms with Crippen LogP contribution in [0.3, 0.4) is 0 Å². The van der Waals surface area contributed by atoms with Crippen molar-refractivity contribution in [3.63, 3.8) is 0 Å². The summed E-state index contributed by atoms with van der Waals surface area (Å²) in [5.74, 6) is 1.17. The second kappa shape index (κ2) is 5.34. The molecule has 4 heteroatoms. The quantitative estimate of drug-likeness (QED) is 0.870. The van der Waals surface area contributed by atoms with Gasteiger partial charge in [0.15, 0.2) is 0 Å².